The van der Waals surface area contributed by atoms with Crippen molar-refractivity contribution in [2.75, 3.05) is 16.4 Å². The van der Waals surface area contributed by atoms with Crippen LogP contribution >= 0.6 is 11.8 Å². The van der Waals surface area contributed by atoms with Crippen LogP contribution in [0, 0.1) is 19.7 Å². The number of benzene rings is 3. The average Bonchev–Trinajstić information content (AvgIpc) is 2.75. The Morgan fingerprint density at radius 3 is 2.27 bits per heavy atom. The Morgan fingerprint density at radius 1 is 0.909 bits per heavy atom. The summed E-state index contributed by atoms with van der Waals surface area (Å²) in [5.74, 6) is -1.88. The van der Waals surface area contributed by atoms with Crippen molar-refractivity contribution in [1.29, 1.82) is 0 Å². The van der Waals surface area contributed by atoms with E-state index >= 15 is 0 Å². The molecule has 0 aliphatic rings. The Hall–Kier alpha value is -3.33. The fraction of sp³-hybridized carbons (Fsp3) is 0.167. The number of carbonyl (C=O) groups excluding carboxylic acids is 2. The molecule has 3 rings (SSSR count). The summed E-state index contributed by atoms with van der Waals surface area (Å²) in [6.07, 6.45) is -4.76. The van der Waals surface area contributed by atoms with Gasteiger partial charge in [-0.3, -0.25) is 9.59 Å². The molecule has 0 saturated carbocycles. The number of anilines is 2. The van der Waals surface area contributed by atoms with E-state index in [4.69, 9.17) is 0 Å². The van der Waals surface area contributed by atoms with Crippen LogP contribution in [0.4, 0.5) is 28.9 Å². The number of nitrogens with one attached hydrogen (secondary N) is 2. The van der Waals surface area contributed by atoms with E-state index in [-0.39, 0.29) is 17.0 Å². The number of rotatable bonds is 6. The van der Waals surface area contributed by atoms with Gasteiger partial charge in [-0.05, 0) is 67.9 Å². The van der Waals surface area contributed by atoms with Gasteiger partial charge in [-0.1, -0.05) is 17.7 Å². The Labute approximate surface area is 192 Å². The molecule has 0 unspecified atom stereocenters. The zero-order valence-corrected chi connectivity index (χ0v) is 18.5. The molecule has 2 N–H and O–H groups in total. The van der Waals surface area contributed by atoms with Crippen LogP contribution in [-0.2, 0) is 11.0 Å². The number of amides is 2. The summed E-state index contributed by atoms with van der Waals surface area (Å²) in [6.45, 7) is 3.80. The fourth-order valence-corrected chi connectivity index (χ4v) is 3.89. The maximum absolute atomic E-state index is 13.6. The summed E-state index contributed by atoms with van der Waals surface area (Å²) in [5, 5.41) is 4.66. The zero-order valence-electron chi connectivity index (χ0n) is 17.7. The Balaban J connectivity index is 1.73. The molecular formula is C24H20F4N2O2S. The molecule has 0 bridgehead atoms. The van der Waals surface area contributed by atoms with E-state index in [1.54, 1.807) is 0 Å². The molecule has 0 heterocycles. The molecule has 3 aromatic carbocycles. The lowest BCUT2D eigenvalue weighted by molar-refractivity contribution is -0.136. The van der Waals surface area contributed by atoms with E-state index in [1.165, 1.54) is 30.0 Å². The minimum Gasteiger partial charge on any atom is -0.325 e. The van der Waals surface area contributed by atoms with Gasteiger partial charge in [0, 0.05) is 16.1 Å². The minimum atomic E-state index is -4.76. The SMILES string of the molecule is Cc1ccc(C)c(SCC(=O)Nc2ccc(NC(=O)c3ccc(F)cc3)cc2C(F)(F)F)c1. The molecule has 172 valence electrons. The van der Waals surface area contributed by atoms with E-state index in [0.29, 0.717) is 0 Å². The molecule has 0 radical (unpaired) electrons. The van der Waals surface area contributed by atoms with Crippen molar-refractivity contribution in [2.24, 2.45) is 0 Å². The second-order valence-corrected chi connectivity index (χ2v) is 8.34. The minimum absolute atomic E-state index is 0.0648. The van der Waals surface area contributed by atoms with Gasteiger partial charge in [0.05, 0.1) is 17.0 Å². The first kappa shape index (κ1) is 24.3. The fourth-order valence-electron chi connectivity index (χ4n) is 2.96. The van der Waals surface area contributed by atoms with Crippen molar-refractivity contribution in [3.8, 4) is 0 Å². The Kier molecular flexibility index (Phi) is 7.43. The largest absolute Gasteiger partial charge is 0.418 e. The second kappa shape index (κ2) is 10.1. The van der Waals surface area contributed by atoms with E-state index in [2.05, 4.69) is 10.6 Å². The predicted molar refractivity (Wildman–Crippen MR) is 121 cm³/mol. The second-order valence-electron chi connectivity index (χ2n) is 7.32. The van der Waals surface area contributed by atoms with Crippen LogP contribution in [0.2, 0.25) is 0 Å². The van der Waals surface area contributed by atoms with Crippen molar-refractivity contribution in [3.05, 3.63) is 88.7 Å². The summed E-state index contributed by atoms with van der Waals surface area (Å²) in [6, 6.07) is 13.4. The van der Waals surface area contributed by atoms with Gasteiger partial charge in [-0.25, -0.2) is 4.39 Å². The van der Waals surface area contributed by atoms with E-state index < -0.39 is 35.1 Å². The lowest BCUT2D eigenvalue weighted by Gasteiger charge is -2.16. The first-order chi connectivity index (χ1) is 15.5. The van der Waals surface area contributed by atoms with Crippen molar-refractivity contribution >= 4 is 35.0 Å². The number of halogens is 4. The summed E-state index contributed by atoms with van der Waals surface area (Å²) >= 11 is 1.24. The lowest BCUT2D eigenvalue weighted by atomic mass is 10.1. The molecule has 0 atom stereocenters. The van der Waals surface area contributed by atoms with Gasteiger partial charge in [-0.2, -0.15) is 13.2 Å². The summed E-state index contributed by atoms with van der Waals surface area (Å²) in [5.41, 5.74) is 0.459. The highest BCUT2D eigenvalue weighted by molar-refractivity contribution is 8.00. The summed E-state index contributed by atoms with van der Waals surface area (Å²) in [7, 11) is 0. The van der Waals surface area contributed by atoms with Crippen LogP contribution in [0.25, 0.3) is 0 Å². The van der Waals surface area contributed by atoms with E-state index in [9.17, 15) is 27.2 Å². The van der Waals surface area contributed by atoms with Crippen LogP contribution in [0.5, 0.6) is 0 Å². The lowest BCUT2D eigenvalue weighted by Crippen LogP contribution is -2.19. The van der Waals surface area contributed by atoms with Crippen LogP contribution in [0.1, 0.15) is 27.0 Å². The maximum atomic E-state index is 13.6. The molecule has 0 aromatic heterocycles. The molecule has 0 aliphatic heterocycles. The van der Waals surface area contributed by atoms with Gasteiger partial charge in [-0.15, -0.1) is 11.8 Å². The average molecular weight is 476 g/mol. The first-order valence-corrected chi connectivity index (χ1v) is 10.8. The van der Waals surface area contributed by atoms with Crippen molar-refractivity contribution in [2.45, 2.75) is 24.9 Å². The quantitative estimate of drug-likeness (QED) is 0.318. The Bertz CT molecular complexity index is 1180. The molecule has 33 heavy (non-hydrogen) atoms. The topological polar surface area (TPSA) is 58.2 Å². The van der Waals surface area contributed by atoms with Gasteiger partial charge in [0.1, 0.15) is 5.82 Å². The van der Waals surface area contributed by atoms with Crippen LogP contribution in [-0.4, -0.2) is 17.6 Å². The highest BCUT2D eigenvalue weighted by Gasteiger charge is 2.34. The third kappa shape index (κ3) is 6.58. The number of hydrogen-bond acceptors (Lipinski definition) is 3. The van der Waals surface area contributed by atoms with Gasteiger partial charge in [0.2, 0.25) is 5.91 Å². The molecule has 0 fully saturated rings. The molecule has 9 heteroatoms. The monoisotopic (exact) mass is 476 g/mol. The Morgan fingerprint density at radius 2 is 1.61 bits per heavy atom. The molecule has 0 spiro atoms. The number of hydrogen-bond donors (Lipinski definition) is 2. The van der Waals surface area contributed by atoms with Crippen molar-refractivity contribution < 1.29 is 27.2 Å². The van der Waals surface area contributed by atoms with Gasteiger partial charge < -0.3 is 10.6 Å². The van der Waals surface area contributed by atoms with Crippen LogP contribution < -0.4 is 10.6 Å². The predicted octanol–water partition coefficient (Wildman–Crippen LogP) is 6.44. The first-order valence-electron chi connectivity index (χ1n) is 9.81. The number of aryl methyl sites for hydroxylation is 2. The molecule has 0 saturated heterocycles. The number of alkyl halides is 3. The summed E-state index contributed by atoms with van der Waals surface area (Å²) in [4.78, 5) is 25.4. The molecule has 4 nitrogen and oxygen atoms in total. The van der Waals surface area contributed by atoms with Gasteiger partial charge in [0.25, 0.3) is 5.91 Å². The van der Waals surface area contributed by atoms with E-state index in [0.717, 1.165) is 40.3 Å². The van der Waals surface area contributed by atoms with Crippen molar-refractivity contribution in [1.82, 2.24) is 0 Å². The summed E-state index contributed by atoms with van der Waals surface area (Å²) < 4.78 is 53.9. The third-order valence-corrected chi connectivity index (χ3v) is 5.82. The zero-order chi connectivity index (χ0) is 24.2. The van der Waals surface area contributed by atoms with E-state index in [1.807, 2.05) is 32.0 Å². The smallest absolute Gasteiger partial charge is 0.325 e. The highest BCUT2D eigenvalue weighted by Crippen LogP contribution is 2.37. The number of thioether (sulfide) groups is 1. The maximum Gasteiger partial charge on any atom is 0.418 e. The van der Waals surface area contributed by atoms with Crippen LogP contribution in [0.3, 0.4) is 0 Å². The van der Waals surface area contributed by atoms with Crippen LogP contribution in [0.15, 0.2) is 65.6 Å². The standard InChI is InChI=1S/C24H20F4N2O2S/c1-14-3-4-15(2)21(11-14)33-13-22(31)30-20-10-9-18(12-19(20)24(26,27)28)29-23(32)16-5-7-17(25)8-6-16/h3-12H,13H2,1-2H3,(H,29,32)(H,30,31). The van der Waals surface area contributed by atoms with Gasteiger partial charge in [0.15, 0.2) is 0 Å². The molecule has 2 amide bonds. The molecular weight excluding hydrogens is 456 g/mol. The number of carbonyl (C=O) groups is 2. The third-order valence-electron chi connectivity index (χ3n) is 4.67. The molecule has 3 aromatic rings. The molecule has 0 aliphatic carbocycles. The highest BCUT2D eigenvalue weighted by atomic mass is 32.2. The van der Waals surface area contributed by atoms with Gasteiger partial charge >= 0.3 is 6.18 Å². The normalized spacial score (nSPS) is 11.2. The van der Waals surface area contributed by atoms with Crippen molar-refractivity contribution in [3.63, 3.8) is 0 Å².